The van der Waals surface area contributed by atoms with Gasteiger partial charge in [-0.3, -0.25) is 4.79 Å². The number of sulfone groups is 1. The van der Waals surface area contributed by atoms with Crippen LogP contribution in [0.3, 0.4) is 0 Å². The fourth-order valence-electron chi connectivity index (χ4n) is 3.39. The molecule has 0 unspecified atom stereocenters. The first kappa shape index (κ1) is 20.4. The number of alkyl halides is 2. The van der Waals surface area contributed by atoms with Crippen molar-refractivity contribution in [3.05, 3.63) is 29.6 Å². The number of hydrogen-bond donors (Lipinski definition) is 1. The first-order valence-corrected chi connectivity index (χ1v) is 10.9. The van der Waals surface area contributed by atoms with Crippen LogP contribution in [0.4, 0.5) is 14.6 Å². The number of ketones is 1. The van der Waals surface area contributed by atoms with Gasteiger partial charge in [-0.15, -0.1) is 0 Å². The molecule has 0 atom stereocenters. The second-order valence-electron chi connectivity index (χ2n) is 6.98. The maximum Gasteiger partial charge on any atom is 0.282 e. The zero-order valence-electron chi connectivity index (χ0n) is 15.7. The maximum atomic E-state index is 13.5. The van der Waals surface area contributed by atoms with Crippen molar-refractivity contribution in [3.63, 3.8) is 0 Å². The Balaban J connectivity index is 2.10. The van der Waals surface area contributed by atoms with E-state index in [0.717, 1.165) is 44.6 Å². The summed E-state index contributed by atoms with van der Waals surface area (Å²) in [6.45, 7) is 1.22. The van der Waals surface area contributed by atoms with Crippen LogP contribution in [0, 0.1) is 0 Å². The van der Waals surface area contributed by atoms with Gasteiger partial charge in [0.1, 0.15) is 11.5 Å². The Bertz CT molecular complexity index is 965. The molecule has 0 bridgehead atoms. The minimum Gasteiger partial charge on any atom is -0.367 e. The Kier molecular flexibility index (Phi) is 5.78. The largest absolute Gasteiger partial charge is 0.367 e. The summed E-state index contributed by atoms with van der Waals surface area (Å²) >= 11 is 0. The molecular formula is C18H22F2N4O3S. The molecule has 1 aliphatic rings. The van der Waals surface area contributed by atoms with E-state index in [9.17, 15) is 22.0 Å². The molecule has 152 valence electrons. The average molecular weight is 412 g/mol. The van der Waals surface area contributed by atoms with Gasteiger partial charge >= 0.3 is 0 Å². The molecule has 0 aliphatic heterocycles. The van der Waals surface area contributed by atoms with Crippen molar-refractivity contribution in [2.75, 3.05) is 11.6 Å². The van der Waals surface area contributed by atoms with Crippen LogP contribution in [0.1, 0.15) is 61.5 Å². The predicted octanol–water partition coefficient (Wildman–Crippen LogP) is 3.56. The first-order chi connectivity index (χ1) is 13.2. The average Bonchev–Trinajstić information content (AvgIpc) is 3.01. The Morgan fingerprint density at radius 1 is 1.25 bits per heavy atom. The van der Waals surface area contributed by atoms with Crippen molar-refractivity contribution >= 4 is 21.4 Å². The highest BCUT2D eigenvalue weighted by Gasteiger charge is 2.29. The Morgan fingerprint density at radius 3 is 2.43 bits per heavy atom. The summed E-state index contributed by atoms with van der Waals surface area (Å²) in [4.78, 5) is 16.2. The monoisotopic (exact) mass is 412 g/mol. The molecule has 0 amide bonds. The summed E-state index contributed by atoms with van der Waals surface area (Å²) in [5.41, 5.74) is -0.769. The van der Waals surface area contributed by atoms with Crippen LogP contribution in [0.15, 0.2) is 23.2 Å². The van der Waals surface area contributed by atoms with Crippen LogP contribution < -0.4 is 5.32 Å². The minimum atomic E-state index is -3.45. The number of aromatic nitrogens is 3. The highest BCUT2D eigenvalue weighted by molar-refractivity contribution is 7.90. The number of pyridine rings is 1. The number of carbonyl (C=O) groups is 1. The molecular weight excluding hydrogens is 390 g/mol. The first-order valence-electron chi connectivity index (χ1n) is 9.03. The Labute approximate surface area is 162 Å². The summed E-state index contributed by atoms with van der Waals surface area (Å²) < 4.78 is 51.5. The number of anilines is 1. The van der Waals surface area contributed by atoms with Gasteiger partial charge in [-0.1, -0.05) is 19.3 Å². The topological polar surface area (TPSA) is 94.0 Å². The SMILES string of the molecule is CC(=O)c1c(C(F)F)nn(-c2ccc(S(C)(=O)=O)cn2)c1NC1CCCCC1. The lowest BCUT2D eigenvalue weighted by Gasteiger charge is -2.24. The van der Waals surface area contributed by atoms with Gasteiger partial charge in [0.05, 0.1) is 10.5 Å². The number of nitrogens with one attached hydrogen (secondary N) is 1. The predicted molar refractivity (Wildman–Crippen MR) is 99.9 cm³/mol. The molecule has 0 spiro atoms. The number of rotatable bonds is 6. The minimum absolute atomic E-state index is 0.00562. The van der Waals surface area contributed by atoms with E-state index < -0.39 is 27.7 Å². The van der Waals surface area contributed by atoms with E-state index in [1.807, 2.05) is 0 Å². The molecule has 3 rings (SSSR count). The van der Waals surface area contributed by atoms with Gasteiger partial charge in [0.25, 0.3) is 6.43 Å². The second-order valence-corrected chi connectivity index (χ2v) is 9.00. The number of Topliss-reactive ketones (excluding diaryl/α,β-unsaturated/α-hetero) is 1. The highest BCUT2D eigenvalue weighted by Crippen LogP contribution is 2.32. The molecule has 1 fully saturated rings. The molecule has 10 heteroatoms. The van der Waals surface area contributed by atoms with E-state index in [-0.39, 0.29) is 28.1 Å². The van der Waals surface area contributed by atoms with E-state index in [4.69, 9.17) is 0 Å². The van der Waals surface area contributed by atoms with Crippen LogP contribution in [0.5, 0.6) is 0 Å². The van der Waals surface area contributed by atoms with Gasteiger partial charge in [-0.05, 0) is 31.9 Å². The van der Waals surface area contributed by atoms with Crippen LogP contribution in [0.25, 0.3) is 5.82 Å². The van der Waals surface area contributed by atoms with Crippen LogP contribution in [-0.4, -0.2) is 41.3 Å². The molecule has 0 radical (unpaired) electrons. The lowest BCUT2D eigenvalue weighted by atomic mass is 9.95. The fourth-order valence-corrected chi connectivity index (χ4v) is 3.95. The molecule has 1 aliphatic carbocycles. The summed E-state index contributed by atoms with van der Waals surface area (Å²) in [6, 6.07) is 2.76. The lowest BCUT2D eigenvalue weighted by molar-refractivity contribution is 0.0998. The molecule has 2 aromatic rings. The second kappa shape index (κ2) is 7.94. The van der Waals surface area contributed by atoms with Crippen LogP contribution in [0.2, 0.25) is 0 Å². The zero-order valence-corrected chi connectivity index (χ0v) is 16.5. The van der Waals surface area contributed by atoms with Gasteiger partial charge in [0.2, 0.25) is 0 Å². The molecule has 2 heterocycles. The number of halogens is 2. The van der Waals surface area contributed by atoms with Crippen LogP contribution >= 0.6 is 0 Å². The van der Waals surface area contributed by atoms with Crippen LogP contribution in [-0.2, 0) is 9.84 Å². The molecule has 28 heavy (non-hydrogen) atoms. The maximum absolute atomic E-state index is 13.5. The summed E-state index contributed by atoms with van der Waals surface area (Å²) in [6.07, 6.45) is 4.16. The van der Waals surface area contributed by atoms with E-state index >= 15 is 0 Å². The zero-order chi connectivity index (χ0) is 20.5. The number of hydrogen-bond acceptors (Lipinski definition) is 6. The lowest BCUT2D eigenvalue weighted by Crippen LogP contribution is -2.25. The van der Waals surface area contributed by atoms with Gasteiger partial charge in [-0.25, -0.2) is 22.2 Å². The number of carbonyl (C=O) groups excluding carboxylic acids is 1. The van der Waals surface area contributed by atoms with Crippen molar-refractivity contribution in [2.45, 2.75) is 56.4 Å². The van der Waals surface area contributed by atoms with Gasteiger partial charge < -0.3 is 5.32 Å². The fraction of sp³-hybridized carbons (Fsp3) is 0.500. The third-order valence-corrected chi connectivity index (χ3v) is 5.88. The molecule has 0 aromatic carbocycles. The third kappa shape index (κ3) is 4.21. The summed E-state index contributed by atoms with van der Waals surface area (Å²) in [5.74, 6) is -0.193. The molecule has 0 saturated heterocycles. The van der Waals surface area contributed by atoms with E-state index in [1.54, 1.807) is 0 Å². The van der Waals surface area contributed by atoms with Gasteiger partial charge in [-0.2, -0.15) is 9.78 Å². The third-order valence-electron chi connectivity index (χ3n) is 4.78. The van der Waals surface area contributed by atoms with Gasteiger partial charge in [0.15, 0.2) is 21.4 Å². The normalized spacial score (nSPS) is 15.8. The summed E-state index contributed by atoms with van der Waals surface area (Å²) in [5, 5.41) is 7.14. The molecule has 1 N–H and O–H groups in total. The van der Waals surface area contributed by atoms with Crippen molar-refractivity contribution < 1.29 is 22.0 Å². The summed E-state index contributed by atoms with van der Waals surface area (Å²) in [7, 11) is -3.45. The van der Waals surface area contributed by atoms with E-state index in [0.29, 0.717) is 0 Å². The Hall–Kier alpha value is -2.36. The standard InChI is InChI=1S/C18H22F2N4O3S/c1-11(25)15-16(17(19)20)23-24(18(15)22-12-6-4-3-5-7-12)14-9-8-13(10-21-14)28(2,26)27/h8-10,12,17,22H,3-7H2,1-2H3. The van der Waals surface area contributed by atoms with E-state index in [2.05, 4.69) is 15.4 Å². The Morgan fingerprint density at radius 2 is 1.93 bits per heavy atom. The van der Waals surface area contributed by atoms with Crippen molar-refractivity contribution in [2.24, 2.45) is 0 Å². The quantitative estimate of drug-likeness (QED) is 0.729. The van der Waals surface area contributed by atoms with Crippen molar-refractivity contribution in [3.8, 4) is 5.82 Å². The van der Waals surface area contributed by atoms with E-state index in [1.165, 1.54) is 23.7 Å². The van der Waals surface area contributed by atoms with Crippen molar-refractivity contribution in [1.82, 2.24) is 14.8 Å². The molecule has 1 saturated carbocycles. The highest BCUT2D eigenvalue weighted by atomic mass is 32.2. The number of nitrogens with zero attached hydrogens (tertiary/aromatic N) is 3. The van der Waals surface area contributed by atoms with Crippen molar-refractivity contribution in [1.29, 1.82) is 0 Å². The van der Waals surface area contributed by atoms with Gasteiger partial charge in [0, 0.05) is 18.5 Å². The molecule has 7 nitrogen and oxygen atoms in total. The smallest absolute Gasteiger partial charge is 0.282 e. The molecule has 2 aromatic heterocycles.